The Morgan fingerprint density at radius 1 is 1.37 bits per heavy atom. The highest BCUT2D eigenvalue weighted by Gasteiger charge is 2.32. The van der Waals surface area contributed by atoms with Crippen LogP contribution >= 0.6 is 11.6 Å². The first-order valence-corrected chi connectivity index (χ1v) is 8.97. The number of rotatable bonds is 5. The Morgan fingerprint density at radius 2 is 2.00 bits per heavy atom. The van der Waals surface area contributed by atoms with Crippen molar-refractivity contribution in [1.29, 1.82) is 0 Å². The second-order valence-corrected chi connectivity index (χ2v) is 8.14. The molecular formula is C14H20ClNO2S. The summed E-state index contributed by atoms with van der Waals surface area (Å²) in [7, 11) is -2.91. The van der Waals surface area contributed by atoms with Crippen molar-refractivity contribution in [2.75, 3.05) is 12.0 Å². The predicted molar refractivity (Wildman–Crippen MR) is 79.5 cm³/mol. The molecule has 1 atom stereocenters. The third-order valence-electron chi connectivity index (χ3n) is 3.56. The molecule has 0 aliphatic heterocycles. The maximum Gasteiger partial charge on any atom is 0.148 e. The fourth-order valence-corrected chi connectivity index (χ4v) is 4.01. The maximum atomic E-state index is 11.2. The van der Waals surface area contributed by atoms with E-state index in [1.54, 1.807) is 0 Å². The van der Waals surface area contributed by atoms with Crippen molar-refractivity contribution in [3.8, 4) is 0 Å². The molecule has 0 heterocycles. The maximum absolute atomic E-state index is 11.2. The first kappa shape index (κ1) is 14.8. The predicted octanol–water partition coefficient (Wildman–Crippen LogP) is 2.61. The molecule has 5 heteroatoms. The molecule has 1 saturated carbocycles. The van der Waals surface area contributed by atoms with Crippen molar-refractivity contribution in [2.24, 2.45) is 0 Å². The summed E-state index contributed by atoms with van der Waals surface area (Å²) in [5.41, 5.74) is 1.21. The lowest BCUT2D eigenvalue weighted by molar-refractivity contribution is 0.275. The summed E-state index contributed by atoms with van der Waals surface area (Å²) in [6.07, 6.45) is 3.33. The summed E-state index contributed by atoms with van der Waals surface area (Å²) >= 11 is 6.17. The van der Waals surface area contributed by atoms with Crippen molar-refractivity contribution in [2.45, 2.75) is 37.8 Å². The van der Waals surface area contributed by atoms with E-state index in [1.165, 1.54) is 11.8 Å². The van der Waals surface area contributed by atoms with E-state index in [-0.39, 0.29) is 11.8 Å². The first-order chi connectivity index (χ1) is 8.85. The summed E-state index contributed by atoms with van der Waals surface area (Å²) in [6.45, 7) is 1.92. The van der Waals surface area contributed by atoms with Crippen LogP contribution in [0.25, 0.3) is 0 Å². The van der Waals surface area contributed by atoms with Gasteiger partial charge in [-0.3, -0.25) is 0 Å². The van der Waals surface area contributed by atoms with Crippen molar-refractivity contribution >= 4 is 21.4 Å². The molecule has 1 aliphatic rings. The molecule has 0 bridgehead atoms. The molecule has 1 N–H and O–H groups in total. The van der Waals surface area contributed by atoms with Gasteiger partial charge in [0, 0.05) is 23.4 Å². The summed E-state index contributed by atoms with van der Waals surface area (Å²) in [5, 5.41) is 4.20. The number of nitrogens with one attached hydrogen (secondary N) is 1. The average Bonchev–Trinajstić information content (AvgIpc) is 2.22. The van der Waals surface area contributed by atoms with Gasteiger partial charge < -0.3 is 5.32 Å². The smallest absolute Gasteiger partial charge is 0.148 e. The van der Waals surface area contributed by atoms with Gasteiger partial charge in [-0.2, -0.15) is 0 Å². The molecule has 1 fully saturated rings. The molecule has 1 aromatic rings. The summed E-state index contributed by atoms with van der Waals surface area (Å²) in [5.74, 6) is 0.692. The molecule has 1 aromatic carbocycles. The van der Waals surface area contributed by atoms with Gasteiger partial charge in [-0.1, -0.05) is 29.8 Å². The van der Waals surface area contributed by atoms with E-state index in [4.69, 9.17) is 11.6 Å². The van der Waals surface area contributed by atoms with Gasteiger partial charge in [0.1, 0.15) is 9.84 Å². The zero-order chi connectivity index (χ0) is 14.0. The zero-order valence-corrected chi connectivity index (χ0v) is 12.8. The van der Waals surface area contributed by atoms with Crippen LogP contribution in [0, 0.1) is 0 Å². The van der Waals surface area contributed by atoms with Gasteiger partial charge in [0.05, 0.1) is 5.75 Å². The minimum atomic E-state index is -2.91. The van der Waals surface area contributed by atoms with Crippen molar-refractivity contribution in [3.05, 3.63) is 34.9 Å². The van der Waals surface area contributed by atoms with E-state index in [9.17, 15) is 8.42 Å². The molecule has 0 spiro atoms. The van der Waals surface area contributed by atoms with Gasteiger partial charge in [0.15, 0.2) is 0 Å². The van der Waals surface area contributed by atoms with Crippen LogP contribution in [0.2, 0.25) is 5.02 Å². The highest BCUT2D eigenvalue weighted by atomic mass is 35.5. The van der Waals surface area contributed by atoms with Crippen LogP contribution in [0.3, 0.4) is 0 Å². The van der Waals surface area contributed by atoms with Crippen LogP contribution < -0.4 is 5.32 Å². The first-order valence-electron chi connectivity index (χ1n) is 6.53. The molecule has 0 saturated heterocycles. The normalized spacial score (nSPS) is 24.8. The number of halogens is 1. The van der Waals surface area contributed by atoms with E-state index >= 15 is 0 Å². The number of hydrogen-bond donors (Lipinski definition) is 1. The van der Waals surface area contributed by atoms with Gasteiger partial charge in [0.25, 0.3) is 0 Å². The minimum absolute atomic E-state index is 0.00666. The van der Waals surface area contributed by atoms with Crippen molar-refractivity contribution in [1.82, 2.24) is 5.32 Å². The van der Waals surface area contributed by atoms with Gasteiger partial charge in [-0.15, -0.1) is 0 Å². The largest absolute Gasteiger partial charge is 0.310 e. The molecule has 19 heavy (non-hydrogen) atoms. The molecule has 2 rings (SSSR count). The molecule has 0 aromatic heterocycles. The van der Waals surface area contributed by atoms with Crippen LogP contribution in [-0.4, -0.2) is 32.5 Å². The quantitative estimate of drug-likeness (QED) is 0.909. The summed E-state index contributed by atoms with van der Waals surface area (Å²) < 4.78 is 22.4. The Kier molecular flexibility index (Phi) is 4.54. The second-order valence-electron chi connectivity index (χ2n) is 5.55. The van der Waals surface area contributed by atoms with Crippen LogP contribution in [0.4, 0.5) is 0 Å². The fourth-order valence-electron chi connectivity index (χ4n) is 2.72. The minimum Gasteiger partial charge on any atom is -0.310 e. The van der Waals surface area contributed by atoms with Gasteiger partial charge >= 0.3 is 0 Å². The Balaban J connectivity index is 1.82. The lowest BCUT2D eigenvalue weighted by Crippen LogP contribution is -2.46. The van der Waals surface area contributed by atoms with E-state index in [0.717, 1.165) is 17.9 Å². The highest BCUT2D eigenvalue weighted by molar-refractivity contribution is 7.90. The third-order valence-corrected chi connectivity index (χ3v) is 5.01. The summed E-state index contributed by atoms with van der Waals surface area (Å²) in [4.78, 5) is 0. The van der Waals surface area contributed by atoms with Gasteiger partial charge in [0.2, 0.25) is 0 Å². The van der Waals surface area contributed by atoms with Gasteiger partial charge in [-0.25, -0.2) is 8.42 Å². The molecule has 3 nitrogen and oxygen atoms in total. The van der Waals surface area contributed by atoms with Gasteiger partial charge in [-0.05, 0) is 37.3 Å². The average molecular weight is 302 g/mol. The topological polar surface area (TPSA) is 46.2 Å². The lowest BCUT2D eigenvalue weighted by atomic mass is 9.75. The zero-order valence-electron chi connectivity index (χ0n) is 11.3. The Hall–Kier alpha value is -0.580. The van der Waals surface area contributed by atoms with Crippen LogP contribution in [0.15, 0.2) is 24.3 Å². The Bertz CT molecular complexity index is 538. The molecule has 1 unspecified atom stereocenters. The molecule has 0 amide bonds. The molecule has 1 aliphatic carbocycles. The Morgan fingerprint density at radius 3 is 2.58 bits per heavy atom. The molecule has 106 valence electrons. The monoisotopic (exact) mass is 301 g/mol. The summed E-state index contributed by atoms with van der Waals surface area (Å²) in [6, 6.07) is 8.35. The fraction of sp³-hybridized carbons (Fsp3) is 0.571. The SMILES string of the molecule is CC(CS(C)(=O)=O)NC1CC(c2ccccc2Cl)C1. The van der Waals surface area contributed by atoms with E-state index in [0.29, 0.717) is 12.0 Å². The highest BCUT2D eigenvalue weighted by Crippen LogP contribution is 2.39. The molecule has 0 radical (unpaired) electrons. The molecular weight excluding hydrogens is 282 g/mol. The third kappa shape index (κ3) is 4.20. The van der Waals surface area contributed by atoms with Crippen LogP contribution in [0.1, 0.15) is 31.2 Å². The van der Waals surface area contributed by atoms with E-state index < -0.39 is 9.84 Å². The van der Waals surface area contributed by atoms with Crippen LogP contribution in [0.5, 0.6) is 0 Å². The van der Waals surface area contributed by atoms with E-state index in [2.05, 4.69) is 11.4 Å². The van der Waals surface area contributed by atoms with Crippen LogP contribution in [-0.2, 0) is 9.84 Å². The second kappa shape index (κ2) is 5.81. The number of benzene rings is 1. The number of sulfone groups is 1. The Labute approximate surface area is 120 Å². The standard InChI is InChI=1S/C14H20ClNO2S/c1-10(9-19(2,17)18)16-12-7-11(8-12)13-5-3-4-6-14(13)15/h3-6,10-12,16H,7-9H2,1-2H3. The lowest BCUT2D eigenvalue weighted by Gasteiger charge is -2.38. The number of hydrogen-bond acceptors (Lipinski definition) is 3. The van der Waals surface area contributed by atoms with Crippen molar-refractivity contribution < 1.29 is 8.42 Å². The van der Waals surface area contributed by atoms with Crippen molar-refractivity contribution in [3.63, 3.8) is 0 Å². The van der Waals surface area contributed by atoms with E-state index in [1.807, 2.05) is 25.1 Å².